The summed E-state index contributed by atoms with van der Waals surface area (Å²) in [5.74, 6) is -0.597. The van der Waals surface area contributed by atoms with Crippen LogP contribution in [0.15, 0.2) is 75.3 Å². The Morgan fingerprint density at radius 3 is 2.48 bits per heavy atom. The van der Waals surface area contributed by atoms with Crippen LogP contribution in [0, 0.1) is 5.92 Å². The molecule has 33 heavy (non-hydrogen) atoms. The van der Waals surface area contributed by atoms with E-state index in [-0.39, 0.29) is 27.4 Å². The number of thiophene rings is 1. The van der Waals surface area contributed by atoms with Crippen molar-refractivity contribution in [2.45, 2.75) is 21.9 Å². The van der Waals surface area contributed by atoms with Gasteiger partial charge in [0.25, 0.3) is 20.0 Å². The highest BCUT2D eigenvalue weighted by Crippen LogP contribution is 2.27. The quantitative estimate of drug-likeness (QED) is 0.507. The van der Waals surface area contributed by atoms with E-state index in [1.807, 2.05) is 0 Å². The number of anilines is 2. The van der Waals surface area contributed by atoms with Gasteiger partial charge in [-0.25, -0.2) is 21.8 Å². The van der Waals surface area contributed by atoms with Crippen LogP contribution < -0.4 is 10.0 Å². The third-order valence-electron chi connectivity index (χ3n) is 5.18. The third kappa shape index (κ3) is 5.41. The molecule has 1 aliphatic rings. The number of pyridine rings is 1. The Labute approximate surface area is 196 Å². The lowest BCUT2D eigenvalue weighted by atomic mass is 9.99. The van der Waals surface area contributed by atoms with E-state index in [2.05, 4.69) is 15.0 Å². The molecule has 3 aromatic rings. The van der Waals surface area contributed by atoms with Crippen molar-refractivity contribution >= 4 is 48.8 Å². The molecule has 12 heteroatoms. The molecule has 1 aliphatic heterocycles. The first-order valence-corrected chi connectivity index (χ1v) is 13.9. The lowest BCUT2D eigenvalue weighted by molar-refractivity contribution is -0.120. The number of hydrogen-bond acceptors (Lipinski definition) is 7. The van der Waals surface area contributed by atoms with Gasteiger partial charge in [0.1, 0.15) is 10.0 Å². The normalized spacial score (nSPS) is 17.4. The van der Waals surface area contributed by atoms with Gasteiger partial charge >= 0.3 is 0 Å². The van der Waals surface area contributed by atoms with Crippen LogP contribution in [0.25, 0.3) is 0 Å². The zero-order valence-electron chi connectivity index (χ0n) is 17.4. The van der Waals surface area contributed by atoms with Gasteiger partial charge in [0.15, 0.2) is 0 Å². The van der Waals surface area contributed by atoms with Gasteiger partial charge in [-0.3, -0.25) is 9.52 Å². The summed E-state index contributed by atoms with van der Waals surface area (Å²) in [5, 5.41) is 4.47. The van der Waals surface area contributed by atoms with Gasteiger partial charge in [0, 0.05) is 25.0 Å². The van der Waals surface area contributed by atoms with E-state index in [0.29, 0.717) is 25.1 Å². The van der Waals surface area contributed by atoms with Crippen molar-refractivity contribution in [3.8, 4) is 0 Å². The fraction of sp³-hybridized carbons (Fsp3) is 0.238. The van der Waals surface area contributed by atoms with Crippen molar-refractivity contribution in [2.75, 3.05) is 23.1 Å². The lowest BCUT2D eigenvalue weighted by Gasteiger charge is -2.30. The maximum absolute atomic E-state index is 12.8. The lowest BCUT2D eigenvalue weighted by Crippen LogP contribution is -2.43. The summed E-state index contributed by atoms with van der Waals surface area (Å²) < 4.78 is 54.6. The minimum Gasteiger partial charge on any atom is -0.326 e. The number of nitrogens with one attached hydrogen (secondary N) is 2. The van der Waals surface area contributed by atoms with Gasteiger partial charge in [-0.15, -0.1) is 11.3 Å². The minimum atomic E-state index is -3.82. The smallest absolute Gasteiger partial charge is 0.263 e. The van der Waals surface area contributed by atoms with Crippen molar-refractivity contribution in [1.29, 1.82) is 0 Å². The first-order chi connectivity index (χ1) is 15.8. The Morgan fingerprint density at radius 2 is 1.82 bits per heavy atom. The van der Waals surface area contributed by atoms with Crippen molar-refractivity contribution in [3.63, 3.8) is 0 Å². The van der Waals surface area contributed by atoms with Gasteiger partial charge in [-0.2, -0.15) is 4.31 Å². The number of amides is 1. The fourth-order valence-corrected chi connectivity index (χ4v) is 7.17. The summed E-state index contributed by atoms with van der Waals surface area (Å²) in [5.41, 5.74) is 0.426. The molecule has 2 aromatic heterocycles. The predicted molar refractivity (Wildman–Crippen MR) is 126 cm³/mol. The van der Waals surface area contributed by atoms with E-state index >= 15 is 0 Å². The molecule has 1 atom stereocenters. The molecule has 4 rings (SSSR count). The van der Waals surface area contributed by atoms with Crippen LogP contribution in [0.2, 0.25) is 0 Å². The molecule has 0 aliphatic carbocycles. The summed E-state index contributed by atoms with van der Waals surface area (Å²) in [6, 6.07) is 13.9. The number of carbonyl (C=O) groups is 1. The summed E-state index contributed by atoms with van der Waals surface area (Å²) in [6.45, 7) is 0.479. The van der Waals surface area contributed by atoms with Gasteiger partial charge in [-0.05, 0) is 60.7 Å². The second kappa shape index (κ2) is 9.59. The standard InChI is InChI=1S/C21H22N4O5S3/c26-21(16-5-3-13-25(15-16)33(29,30)20-7-4-14-31-20)23-17-8-10-18(11-9-17)32(27,28)24-19-6-1-2-12-22-19/h1-2,4,6-12,14,16H,3,5,13,15H2,(H,22,24)(H,23,26)/t16-/m1/s1. The highest BCUT2D eigenvalue weighted by atomic mass is 32.2. The third-order valence-corrected chi connectivity index (χ3v) is 9.79. The summed E-state index contributed by atoms with van der Waals surface area (Å²) >= 11 is 1.15. The monoisotopic (exact) mass is 506 g/mol. The first-order valence-electron chi connectivity index (χ1n) is 10.1. The maximum atomic E-state index is 12.8. The summed E-state index contributed by atoms with van der Waals surface area (Å²) in [4.78, 5) is 16.7. The predicted octanol–water partition coefficient (Wildman–Crippen LogP) is 2.98. The second-order valence-corrected chi connectivity index (χ2v) is 12.3. The summed E-state index contributed by atoms with van der Waals surface area (Å²) in [6.07, 6.45) is 2.64. The van der Waals surface area contributed by atoms with E-state index in [1.54, 1.807) is 29.6 Å². The van der Waals surface area contributed by atoms with Crippen molar-refractivity contribution in [2.24, 2.45) is 5.92 Å². The van der Waals surface area contributed by atoms with Gasteiger partial charge < -0.3 is 5.32 Å². The van der Waals surface area contributed by atoms with Gasteiger partial charge in [-0.1, -0.05) is 12.1 Å². The Hall–Kier alpha value is -2.80. The minimum absolute atomic E-state index is 0.0250. The molecule has 1 amide bonds. The van der Waals surface area contributed by atoms with E-state index in [1.165, 1.54) is 40.8 Å². The van der Waals surface area contributed by atoms with Crippen LogP contribution in [0.1, 0.15) is 12.8 Å². The van der Waals surface area contributed by atoms with E-state index in [9.17, 15) is 21.6 Å². The molecule has 1 fully saturated rings. The average Bonchev–Trinajstić information content (AvgIpc) is 3.36. The molecule has 2 N–H and O–H groups in total. The Bertz CT molecular complexity index is 1310. The molecule has 3 heterocycles. The average molecular weight is 507 g/mol. The molecule has 1 aromatic carbocycles. The van der Waals surface area contributed by atoms with Crippen LogP contribution >= 0.6 is 11.3 Å². The van der Waals surface area contributed by atoms with Crippen molar-refractivity contribution in [1.82, 2.24) is 9.29 Å². The van der Waals surface area contributed by atoms with Crippen LogP contribution in [0.5, 0.6) is 0 Å². The number of carbonyl (C=O) groups excluding carboxylic acids is 1. The zero-order valence-corrected chi connectivity index (χ0v) is 19.9. The number of hydrogen-bond donors (Lipinski definition) is 2. The number of piperidine rings is 1. The van der Waals surface area contributed by atoms with Crippen LogP contribution in [-0.2, 0) is 24.8 Å². The molecule has 0 spiro atoms. The molecule has 0 unspecified atom stereocenters. The highest BCUT2D eigenvalue weighted by molar-refractivity contribution is 7.92. The van der Waals surface area contributed by atoms with Gasteiger partial charge in [0.05, 0.1) is 10.8 Å². The van der Waals surface area contributed by atoms with E-state index in [0.717, 1.165) is 11.3 Å². The van der Waals surface area contributed by atoms with Crippen LogP contribution in [0.4, 0.5) is 11.5 Å². The molecule has 174 valence electrons. The number of rotatable bonds is 7. The second-order valence-electron chi connectivity index (χ2n) is 7.47. The number of aromatic nitrogens is 1. The number of sulfonamides is 2. The molecular weight excluding hydrogens is 484 g/mol. The van der Waals surface area contributed by atoms with E-state index < -0.39 is 26.0 Å². The Balaban J connectivity index is 1.40. The molecule has 0 radical (unpaired) electrons. The first kappa shape index (κ1) is 23.4. The molecular formula is C21H22N4O5S3. The largest absolute Gasteiger partial charge is 0.326 e. The topological polar surface area (TPSA) is 126 Å². The number of nitrogens with zero attached hydrogens (tertiary/aromatic N) is 2. The maximum Gasteiger partial charge on any atom is 0.263 e. The fourth-order valence-electron chi connectivity index (χ4n) is 3.49. The summed E-state index contributed by atoms with van der Waals surface area (Å²) in [7, 11) is -7.43. The Morgan fingerprint density at radius 1 is 1.03 bits per heavy atom. The van der Waals surface area contributed by atoms with Crippen molar-refractivity contribution < 1.29 is 21.6 Å². The van der Waals surface area contributed by atoms with E-state index in [4.69, 9.17) is 0 Å². The Kier molecular flexibility index (Phi) is 6.79. The molecule has 0 bridgehead atoms. The van der Waals surface area contributed by atoms with Crippen LogP contribution in [0.3, 0.4) is 0 Å². The molecule has 9 nitrogen and oxygen atoms in total. The number of benzene rings is 1. The zero-order chi connectivity index (χ0) is 23.5. The van der Waals surface area contributed by atoms with Gasteiger partial charge in [0.2, 0.25) is 5.91 Å². The van der Waals surface area contributed by atoms with Crippen LogP contribution in [-0.4, -0.2) is 45.1 Å². The van der Waals surface area contributed by atoms with Crippen molar-refractivity contribution in [3.05, 3.63) is 66.2 Å². The molecule has 0 saturated carbocycles. The highest BCUT2D eigenvalue weighted by Gasteiger charge is 2.33. The molecule has 1 saturated heterocycles. The SMILES string of the molecule is O=C(Nc1ccc(S(=O)(=O)Nc2ccccn2)cc1)[C@@H]1CCCN(S(=O)(=O)c2cccs2)C1.